The van der Waals surface area contributed by atoms with Crippen molar-refractivity contribution in [1.82, 2.24) is 0 Å². The third-order valence-electron chi connectivity index (χ3n) is 5.03. The molecule has 1 aliphatic rings. The Hall–Kier alpha value is -0.890. The van der Waals surface area contributed by atoms with E-state index in [1.165, 1.54) is 44.1 Å². The predicted molar refractivity (Wildman–Crippen MR) is 83.4 cm³/mol. The van der Waals surface area contributed by atoms with Crippen molar-refractivity contribution in [3.05, 3.63) is 34.6 Å². The van der Waals surface area contributed by atoms with Crippen LogP contribution in [0.1, 0.15) is 61.6 Å². The molecule has 1 saturated carbocycles. The molecular weight excluding hydrogens is 249 g/mol. The number of hydrogen-bond acceptors (Lipinski definition) is 1. The molecule has 0 unspecified atom stereocenters. The van der Waals surface area contributed by atoms with E-state index in [1.807, 2.05) is 26.0 Å². The Labute approximate surface area is 122 Å². The zero-order chi connectivity index (χ0) is 14.6. The van der Waals surface area contributed by atoms with Crippen molar-refractivity contribution in [2.24, 2.45) is 11.1 Å². The summed E-state index contributed by atoms with van der Waals surface area (Å²) in [5.74, 6) is -0.0527. The van der Waals surface area contributed by atoms with E-state index in [-0.39, 0.29) is 5.82 Å². The molecule has 2 rings (SSSR count). The number of hydrogen-bond donors (Lipinski definition) is 1. The maximum atomic E-state index is 13.7. The average molecular weight is 277 g/mol. The lowest BCUT2D eigenvalue weighted by Gasteiger charge is -2.37. The van der Waals surface area contributed by atoms with Gasteiger partial charge >= 0.3 is 0 Å². The molecule has 0 aromatic heterocycles. The quantitative estimate of drug-likeness (QED) is 0.831. The van der Waals surface area contributed by atoms with E-state index in [0.717, 1.165) is 30.5 Å². The van der Waals surface area contributed by atoms with Crippen LogP contribution in [-0.4, -0.2) is 6.54 Å². The molecule has 2 N–H and O–H groups in total. The fourth-order valence-corrected chi connectivity index (χ4v) is 3.82. The molecule has 1 fully saturated rings. The van der Waals surface area contributed by atoms with Crippen LogP contribution in [0.2, 0.25) is 0 Å². The molecule has 0 atom stereocenters. The van der Waals surface area contributed by atoms with Crippen LogP contribution < -0.4 is 5.73 Å². The molecule has 20 heavy (non-hydrogen) atoms. The fraction of sp³-hybridized carbons (Fsp3) is 0.667. The lowest BCUT2D eigenvalue weighted by atomic mass is 9.68. The van der Waals surface area contributed by atoms with E-state index in [4.69, 9.17) is 5.73 Å². The summed E-state index contributed by atoms with van der Waals surface area (Å²) in [6, 6.07) is 4.03. The summed E-state index contributed by atoms with van der Waals surface area (Å²) < 4.78 is 13.7. The van der Waals surface area contributed by atoms with E-state index in [1.54, 1.807) is 0 Å². The molecule has 112 valence electrons. The smallest absolute Gasteiger partial charge is 0.129 e. The molecule has 1 aromatic carbocycles. The van der Waals surface area contributed by atoms with Gasteiger partial charge in [-0.15, -0.1) is 0 Å². The first-order valence-electron chi connectivity index (χ1n) is 8.02. The first-order chi connectivity index (χ1) is 9.56. The highest BCUT2D eigenvalue weighted by Crippen LogP contribution is 2.42. The van der Waals surface area contributed by atoms with Gasteiger partial charge in [-0.1, -0.05) is 31.4 Å². The number of rotatable bonds is 5. The van der Waals surface area contributed by atoms with Gasteiger partial charge in [0.25, 0.3) is 0 Å². The Morgan fingerprint density at radius 3 is 2.20 bits per heavy atom. The predicted octanol–water partition coefficient (Wildman–Crippen LogP) is 4.67. The number of nitrogens with two attached hydrogens (primary N) is 1. The van der Waals surface area contributed by atoms with Crippen LogP contribution in [0.5, 0.6) is 0 Å². The average Bonchev–Trinajstić information content (AvgIpc) is 2.44. The van der Waals surface area contributed by atoms with Crippen LogP contribution in [0.15, 0.2) is 12.1 Å². The van der Waals surface area contributed by atoms with E-state index >= 15 is 0 Å². The Bertz CT molecular complexity index is 418. The van der Waals surface area contributed by atoms with Gasteiger partial charge in [0.2, 0.25) is 0 Å². The Kier molecular flexibility index (Phi) is 5.20. The van der Waals surface area contributed by atoms with Gasteiger partial charge in [-0.3, -0.25) is 0 Å². The van der Waals surface area contributed by atoms with Crippen molar-refractivity contribution in [1.29, 1.82) is 0 Å². The van der Waals surface area contributed by atoms with Crippen molar-refractivity contribution in [3.8, 4) is 0 Å². The first-order valence-corrected chi connectivity index (χ1v) is 8.02. The summed E-state index contributed by atoms with van der Waals surface area (Å²) >= 11 is 0. The molecule has 0 amide bonds. The first kappa shape index (κ1) is 15.5. The van der Waals surface area contributed by atoms with Crippen molar-refractivity contribution in [3.63, 3.8) is 0 Å². The molecule has 0 radical (unpaired) electrons. The standard InChI is InChI=1S/C18H28FN/c1-14-12-16(13-15(2)17(14)19)6-9-18(10-11-20)7-4-3-5-8-18/h12-13H,3-11,20H2,1-2H3. The normalized spacial score (nSPS) is 18.2. The monoisotopic (exact) mass is 277 g/mol. The number of aryl methyl sites for hydroxylation is 3. The van der Waals surface area contributed by atoms with E-state index in [9.17, 15) is 4.39 Å². The molecule has 0 spiro atoms. The van der Waals surface area contributed by atoms with E-state index in [2.05, 4.69) is 0 Å². The summed E-state index contributed by atoms with van der Waals surface area (Å²) in [5.41, 5.74) is 9.11. The minimum Gasteiger partial charge on any atom is -0.330 e. The fourth-order valence-electron chi connectivity index (χ4n) is 3.82. The van der Waals surface area contributed by atoms with Crippen LogP contribution in [-0.2, 0) is 6.42 Å². The van der Waals surface area contributed by atoms with Crippen LogP contribution in [0, 0.1) is 25.1 Å². The number of benzene rings is 1. The van der Waals surface area contributed by atoms with Crippen molar-refractivity contribution in [2.75, 3.05) is 6.54 Å². The minimum absolute atomic E-state index is 0.0527. The Balaban J connectivity index is 2.05. The summed E-state index contributed by atoms with van der Waals surface area (Å²) in [7, 11) is 0. The second-order valence-electron chi connectivity index (χ2n) is 6.64. The van der Waals surface area contributed by atoms with E-state index in [0.29, 0.717) is 5.41 Å². The lowest BCUT2D eigenvalue weighted by Crippen LogP contribution is -2.28. The Morgan fingerprint density at radius 1 is 1.05 bits per heavy atom. The summed E-state index contributed by atoms with van der Waals surface area (Å²) in [6.07, 6.45) is 10.1. The lowest BCUT2D eigenvalue weighted by molar-refractivity contribution is 0.161. The maximum absolute atomic E-state index is 13.7. The highest BCUT2D eigenvalue weighted by atomic mass is 19.1. The molecule has 0 aliphatic heterocycles. The van der Waals surface area contributed by atoms with Crippen molar-refractivity contribution >= 4 is 0 Å². The van der Waals surface area contributed by atoms with E-state index < -0.39 is 0 Å². The van der Waals surface area contributed by atoms with Gasteiger partial charge in [-0.2, -0.15) is 0 Å². The van der Waals surface area contributed by atoms with Crippen LogP contribution in [0.3, 0.4) is 0 Å². The maximum Gasteiger partial charge on any atom is 0.129 e. The summed E-state index contributed by atoms with van der Waals surface area (Å²) in [6.45, 7) is 4.52. The zero-order valence-corrected chi connectivity index (χ0v) is 13.0. The van der Waals surface area contributed by atoms with Crippen LogP contribution in [0.25, 0.3) is 0 Å². The van der Waals surface area contributed by atoms with Crippen LogP contribution >= 0.6 is 0 Å². The zero-order valence-electron chi connectivity index (χ0n) is 13.0. The molecule has 1 aliphatic carbocycles. The van der Waals surface area contributed by atoms with Gasteiger partial charge in [-0.25, -0.2) is 4.39 Å². The van der Waals surface area contributed by atoms with Gasteiger partial charge in [0, 0.05) is 0 Å². The molecule has 2 heteroatoms. The molecule has 1 nitrogen and oxygen atoms in total. The second-order valence-corrected chi connectivity index (χ2v) is 6.64. The second kappa shape index (κ2) is 6.71. The van der Waals surface area contributed by atoms with Crippen LogP contribution in [0.4, 0.5) is 4.39 Å². The van der Waals surface area contributed by atoms with Gasteiger partial charge in [0.05, 0.1) is 0 Å². The third kappa shape index (κ3) is 3.60. The number of halogens is 1. The minimum atomic E-state index is -0.0527. The summed E-state index contributed by atoms with van der Waals surface area (Å²) in [4.78, 5) is 0. The highest BCUT2D eigenvalue weighted by molar-refractivity contribution is 5.30. The van der Waals surface area contributed by atoms with Gasteiger partial charge in [-0.05, 0) is 74.6 Å². The topological polar surface area (TPSA) is 26.0 Å². The van der Waals surface area contributed by atoms with Gasteiger partial charge in [0.1, 0.15) is 5.82 Å². The third-order valence-corrected chi connectivity index (χ3v) is 5.03. The molecular formula is C18H28FN. The van der Waals surface area contributed by atoms with Gasteiger partial charge < -0.3 is 5.73 Å². The van der Waals surface area contributed by atoms with Gasteiger partial charge in [0.15, 0.2) is 0 Å². The van der Waals surface area contributed by atoms with Crippen molar-refractivity contribution < 1.29 is 4.39 Å². The van der Waals surface area contributed by atoms with Crippen molar-refractivity contribution in [2.45, 2.75) is 65.2 Å². The molecule has 0 heterocycles. The molecule has 0 bridgehead atoms. The summed E-state index contributed by atoms with van der Waals surface area (Å²) in [5, 5.41) is 0. The highest BCUT2D eigenvalue weighted by Gasteiger charge is 2.30. The molecule has 1 aromatic rings. The Morgan fingerprint density at radius 2 is 1.65 bits per heavy atom. The SMILES string of the molecule is Cc1cc(CCC2(CCN)CCCCC2)cc(C)c1F. The molecule has 0 saturated heterocycles. The largest absolute Gasteiger partial charge is 0.330 e.